The number of morpholine rings is 1. The van der Waals surface area contributed by atoms with E-state index in [9.17, 15) is 9.59 Å². The van der Waals surface area contributed by atoms with E-state index >= 15 is 0 Å². The minimum absolute atomic E-state index is 0.0716. The van der Waals surface area contributed by atoms with E-state index in [1.807, 2.05) is 6.92 Å². The molecule has 1 unspecified atom stereocenters. The monoisotopic (exact) mass is 356 g/mol. The fraction of sp³-hybridized carbons (Fsp3) is 0.429. The van der Waals surface area contributed by atoms with Crippen molar-refractivity contribution in [2.45, 2.75) is 19.4 Å². The summed E-state index contributed by atoms with van der Waals surface area (Å²) >= 11 is 3.27. The van der Waals surface area contributed by atoms with E-state index in [1.165, 1.54) is 12.1 Å². The number of benzene rings is 1. The van der Waals surface area contributed by atoms with Crippen LogP contribution in [0.2, 0.25) is 0 Å². The van der Waals surface area contributed by atoms with Gasteiger partial charge in [-0.05, 0) is 40.5 Å². The van der Waals surface area contributed by atoms with Crippen molar-refractivity contribution in [3.8, 4) is 0 Å². The number of anilines is 1. The molecule has 1 saturated heterocycles. The summed E-state index contributed by atoms with van der Waals surface area (Å²) in [5.74, 6) is -1.01. The highest BCUT2D eigenvalue weighted by molar-refractivity contribution is 9.10. The standard InChI is InChI=1S/C14H17BrN2O4/c1-2-10-8-17(5-6-21-10)14(20)16-12-4-3-9(13(18)19)7-11(12)15/h3-4,7,10H,2,5-6,8H2,1H3,(H,16,20)(H,18,19). The summed E-state index contributed by atoms with van der Waals surface area (Å²) in [5.41, 5.74) is 0.710. The molecule has 1 fully saturated rings. The number of carbonyl (C=O) groups is 2. The summed E-state index contributed by atoms with van der Waals surface area (Å²) in [6.07, 6.45) is 0.933. The van der Waals surface area contributed by atoms with E-state index in [2.05, 4.69) is 21.2 Å². The number of nitrogens with zero attached hydrogens (tertiary/aromatic N) is 1. The largest absolute Gasteiger partial charge is 0.478 e. The molecule has 0 bridgehead atoms. The Balaban J connectivity index is 2.04. The quantitative estimate of drug-likeness (QED) is 0.872. The fourth-order valence-corrected chi connectivity index (χ4v) is 2.57. The second-order valence-electron chi connectivity index (χ2n) is 4.78. The summed E-state index contributed by atoms with van der Waals surface area (Å²) in [6, 6.07) is 4.28. The third-order valence-corrected chi connectivity index (χ3v) is 4.00. The van der Waals surface area contributed by atoms with Crippen molar-refractivity contribution >= 4 is 33.6 Å². The van der Waals surface area contributed by atoms with Gasteiger partial charge in [0, 0.05) is 17.6 Å². The summed E-state index contributed by atoms with van der Waals surface area (Å²) in [5, 5.41) is 11.7. The van der Waals surface area contributed by atoms with Crippen LogP contribution in [-0.4, -0.2) is 47.8 Å². The SMILES string of the molecule is CCC1CN(C(=O)Nc2ccc(C(=O)O)cc2Br)CCO1. The molecule has 1 aliphatic heterocycles. The van der Waals surface area contributed by atoms with E-state index in [0.717, 1.165) is 6.42 Å². The maximum atomic E-state index is 12.2. The van der Waals surface area contributed by atoms with Crippen LogP contribution in [0.4, 0.5) is 10.5 Å². The Morgan fingerprint density at radius 1 is 1.52 bits per heavy atom. The number of aromatic carboxylic acids is 1. The lowest BCUT2D eigenvalue weighted by Crippen LogP contribution is -2.47. The van der Waals surface area contributed by atoms with Gasteiger partial charge in [-0.1, -0.05) is 6.92 Å². The molecular weight excluding hydrogens is 340 g/mol. The van der Waals surface area contributed by atoms with Crippen molar-refractivity contribution in [1.82, 2.24) is 4.90 Å². The van der Waals surface area contributed by atoms with Gasteiger partial charge in [-0.25, -0.2) is 9.59 Å². The van der Waals surface area contributed by atoms with Gasteiger partial charge >= 0.3 is 12.0 Å². The summed E-state index contributed by atoms with van der Waals surface area (Å²) < 4.78 is 6.07. The van der Waals surface area contributed by atoms with E-state index in [4.69, 9.17) is 9.84 Å². The normalized spacial score (nSPS) is 18.4. The van der Waals surface area contributed by atoms with E-state index in [1.54, 1.807) is 11.0 Å². The average molecular weight is 357 g/mol. The van der Waals surface area contributed by atoms with Crippen molar-refractivity contribution in [2.24, 2.45) is 0 Å². The van der Waals surface area contributed by atoms with Gasteiger partial charge in [0.1, 0.15) is 0 Å². The van der Waals surface area contributed by atoms with Crippen molar-refractivity contribution in [3.63, 3.8) is 0 Å². The van der Waals surface area contributed by atoms with Crippen LogP contribution in [0.5, 0.6) is 0 Å². The van der Waals surface area contributed by atoms with Gasteiger partial charge in [0.2, 0.25) is 0 Å². The molecule has 1 aromatic carbocycles. The highest BCUT2D eigenvalue weighted by Gasteiger charge is 2.23. The molecule has 6 nitrogen and oxygen atoms in total. The van der Waals surface area contributed by atoms with E-state index in [-0.39, 0.29) is 17.7 Å². The molecule has 0 saturated carbocycles. The smallest absolute Gasteiger partial charge is 0.335 e. The minimum atomic E-state index is -1.01. The number of ether oxygens (including phenoxy) is 1. The van der Waals surface area contributed by atoms with Crippen LogP contribution in [0.25, 0.3) is 0 Å². The minimum Gasteiger partial charge on any atom is -0.478 e. The van der Waals surface area contributed by atoms with Crippen molar-refractivity contribution in [2.75, 3.05) is 25.0 Å². The maximum absolute atomic E-state index is 12.2. The highest BCUT2D eigenvalue weighted by atomic mass is 79.9. The number of halogens is 1. The topological polar surface area (TPSA) is 78.9 Å². The predicted molar refractivity (Wildman–Crippen MR) is 81.7 cm³/mol. The summed E-state index contributed by atoms with van der Waals surface area (Å²) in [4.78, 5) is 24.8. The van der Waals surface area contributed by atoms with Crippen molar-refractivity contribution < 1.29 is 19.4 Å². The molecule has 0 aromatic heterocycles. The number of carboxylic acid groups (broad SMARTS) is 1. The maximum Gasteiger partial charge on any atom is 0.335 e. The number of hydrogen-bond donors (Lipinski definition) is 2. The van der Waals surface area contributed by atoms with Crippen LogP contribution in [0, 0.1) is 0 Å². The first kappa shape index (κ1) is 15.8. The second-order valence-corrected chi connectivity index (χ2v) is 5.63. The zero-order valence-corrected chi connectivity index (χ0v) is 13.2. The molecule has 21 heavy (non-hydrogen) atoms. The van der Waals surface area contributed by atoms with Crippen molar-refractivity contribution in [3.05, 3.63) is 28.2 Å². The molecule has 1 heterocycles. The van der Waals surface area contributed by atoms with Crippen LogP contribution < -0.4 is 5.32 Å². The molecule has 7 heteroatoms. The van der Waals surface area contributed by atoms with Crippen LogP contribution in [0.1, 0.15) is 23.7 Å². The van der Waals surface area contributed by atoms with Gasteiger partial charge in [0.25, 0.3) is 0 Å². The Morgan fingerprint density at radius 3 is 2.90 bits per heavy atom. The Kier molecular flexibility index (Phi) is 5.19. The van der Waals surface area contributed by atoms with Gasteiger partial charge in [-0.15, -0.1) is 0 Å². The number of rotatable bonds is 3. The molecule has 1 atom stereocenters. The predicted octanol–water partition coefficient (Wildman–Crippen LogP) is 2.79. The van der Waals surface area contributed by atoms with Gasteiger partial charge in [-0.3, -0.25) is 0 Å². The average Bonchev–Trinajstić information content (AvgIpc) is 2.49. The lowest BCUT2D eigenvalue weighted by Gasteiger charge is -2.32. The zero-order chi connectivity index (χ0) is 15.4. The number of hydrogen-bond acceptors (Lipinski definition) is 3. The lowest BCUT2D eigenvalue weighted by molar-refractivity contribution is -0.0134. The van der Waals surface area contributed by atoms with Crippen LogP contribution in [0.3, 0.4) is 0 Å². The van der Waals surface area contributed by atoms with E-state index < -0.39 is 5.97 Å². The molecular formula is C14H17BrN2O4. The van der Waals surface area contributed by atoms with Gasteiger partial charge in [-0.2, -0.15) is 0 Å². The van der Waals surface area contributed by atoms with Gasteiger partial charge in [0.15, 0.2) is 0 Å². The van der Waals surface area contributed by atoms with E-state index in [0.29, 0.717) is 29.9 Å². The molecule has 0 spiro atoms. The molecule has 0 radical (unpaired) electrons. The lowest BCUT2D eigenvalue weighted by atomic mass is 10.2. The number of carbonyl (C=O) groups excluding carboxylic acids is 1. The molecule has 0 aliphatic carbocycles. The number of nitrogens with one attached hydrogen (secondary N) is 1. The first-order valence-electron chi connectivity index (χ1n) is 6.71. The molecule has 2 amide bonds. The first-order chi connectivity index (χ1) is 10.0. The van der Waals surface area contributed by atoms with Crippen LogP contribution >= 0.6 is 15.9 Å². The number of amides is 2. The third kappa shape index (κ3) is 3.95. The number of carboxylic acids is 1. The molecule has 2 rings (SSSR count). The highest BCUT2D eigenvalue weighted by Crippen LogP contribution is 2.24. The molecule has 114 valence electrons. The molecule has 1 aliphatic rings. The number of urea groups is 1. The van der Waals surface area contributed by atoms with Gasteiger partial charge in [0.05, 0.1) is 24.0 Å². The van der Waals surface area contributed by atoms with Crippen LogP contribution in [0.15, 0.2) is 22.7 Å². The Bertz CT molecular complexity index is 550. The Hall–Kier alpha value is -1.60. The van der Waals surface area contributed by atoms with Crippen molar-refractivity contribution in [1.29, 1.82) is 0 Å². The Morgan fingerprint density at radius 2 is 2.29 bits per heavy atom. The zero-order valence-electron chi connectivity index (χ0n) is 11.6. The third-order valence-electron chi connectivity index (χ3n) is 3.34. The van der Waals surface area contributed by atoms with Gasteiger partial charge < -0.3 is 20.1 Å². The molecule has 2 N–H and O–H groups in total. The fourth-order valence-electron chi connectivity index (χ4n) is 2.09. The summed E-state index contributed by atoms with van der Waals surface area (Å²) in [7, 11) is 0. The van der Waals surface area contributed by atoms with Crippen LogP contribution in [-0.2, 0) is 4.74 Å². The summed E-state index contributed by atoms with van der Waals surface area (Å²) in [6.45, 7) is 3.67. The Labute approximate surface area is 131 Å². The molecule has 1 aromatic rings. The first-order valence-corrected chi connectivity index (χ1v) is 7.51. The second kappa shape index (κ2) is 6.91.